The Kier molecular flexibility index (Phi) is 6.33. The number of hydrogen-bond donors (Lipinski definition) is 1. The van der Waals surface area contributed by atoms with Crippen LogP contribution in [0.5, 0.6) is 0 Å². The molecule has 1 fully saturated rings. The highest BCUT2D eigenvalue weighted by Gasteiger charge is 2.38. The molecule has 30 heavy (non-hydrogen) atoms. The van der Waals surface area contributed by atoms with Crippen LogP contribution in [0.4, 0.5) is 18.9 Å². The monoisotopic (exact) mass is 442 g/mol. The van der Waals surface area contributed by atoms with Crippen LogP contribution in [0.1, 0.15) is 34.3 Å². The van der Waals surface area contributed by atoms with Crippen molar-refractivity contribution in [3.63, 3.8) is 0 Å². The topological polar surface area (TPSA) is 81.5 Å². The van der Waals surface area contributed by atoms with Crippen molar-refractivity contribution in [1.29, 1.82) is 0 Å². The van der Waals surface area contributed by atoms with E-state index >= 15 is 0 Å². The van der Waals surface area contributed by atoms with E-state index < -0.39 is 28.0 Å². The molecule has 1 saturated heterocycles. The molecule has 3 rings (SSSR count). The molecule has 0 unspecified atom stereocenters. The lowest BCUT2D eigenvalue weighted by Crippen LogP contribution is -2.44. The summed E-state index contributed by atoms with van der Waals surface area (Å²) in [5.74, 6) is -0.562. The van der Waals surface area contributed by atoms with E-state index in [4.69, 9.17) is 16.3 Å². The van der Waals surface area contributed by atoms with Crippen molar-refractivity contribution in [3.05, 3.63) is 74.3 Å². The molecule has 0 radical (unpaired) electrons. The number of rotatable bonds is 5. The summed E-state index contributed by atoms with van der Waals surface area (Å²) in [5, 5.41) is 13.5. The van der Waals surface area contributed by atoms with Crippen molar-refractivity contribution >= 4 is 23.2 Å². The molecule has 0 aliphatic carbocycles. The number of amides is 1. The smallest absolute Gasteiger partial charge is 0.381 e. The fraction of sp³-hybridized carbons (Fsp3) is 0.350. The molecule has 1 amide bonds. The van der Waals surface area contributed by atoms with Gasteiger partial charge in [0.05, 0.1) is 21.1 Å². The largest absolute Gasteiger partial charge is 0.416 e. The minimum Gasteiger partial charge on any atom is -0.381 e. The van der Waals surface area contributed by atoms with Gasteiger partial charge in [0.25, 0.3) is 11.6 Å². The molecule has 0 bridgehead atoms. The number of hydrogen-bond acceptors (Lipinski definition) is 4. The second-order valence-electron chi connectivity index (χ2n) is 7.08. The molecule has 1 aliphatic rings. The molecular formula is C20H18ClF3N2O4. The SMILES string of the molecule is O=C(NCC1(c2cccc(C(F)(F)F)c2)CCOCC1)c1ccc([N+](=O)[O-])cc1Cl. The molecule has 10 heteroatoms. The minimum atomic E-state index is -4.47. The number of nitrogens with one attached hydrogen (secondary N) is 1. The molecule has 160 valence electrons. The van der Waals surface area contributed by atoms with Crippen LogP contribution < -0.4 is 5.32 Å². The van der Waals surface area contributed by atoms with E-state index in [0.717, 1.165) is 24.3 Å². The van der Waals surface area contributed by atoms with Crippen LogP contribution in [0.25, 0.3) is 0 Å². The first-order valence-corrected chi connectivity index (χ1v) is 9.48. The fourth-order valence-corrected chi connectivity index (χ4v) is 3.76. The van der Waals surface area contributed by atoms with Gasteiger partial charge in [-0.2, -0.15) is 13.2 Å². The molecule has 0 saturated carbocycles. The second kappa shape index (κ2) is 8.61. The van der Waals surface area contributed by atoms with Crippen molar-refractivity contribution in [2.75, 3.05) is 19.8 Å². The lowest BCUT2D eigenvalue weighted by Gasteiger charge is -2.38. The average molecular weight is 443 g/mol. The van der Waals surface area contributed by atoms with Crippen molar-refractivity contribution in [1.82, 2.24) is 5.32 Å². The molecule has 6 nitrogen and oxygen atoms in total. The number of alkyl halides is 3. The summed E-state index contributed by atoms with van der Waals surface area (Å²) in [6, 6.07) is 8.57. The lowest BCUT2D eigenvalue weighted by molar-refractivity contribution is -0.384. The van der Waals surface area contributed by atoms with Gasteiger partial charge in [0.1, 0.15) is 0 Å². The van der Waals surface area contributed by atoms with E-state index in [0.29, 0.717) is 31.6 Å². The predicted octanol–water partition coefficient (Wildman–Crippen LogP) is 4.75. The Morgan fingerprint density at radius 3 is 2.50 bits per heavy atom. The molecular weight excluding hydrogens is 425 g/mol. The Hall–Kier alpha value is -2.65. The Balaban J connectivity index is 1.84. The highest BCUT2D eigenvalue weighted by atomic mass is 35.5. The highest BCUT2D eigenvalue weighted by molar-refractivity contribution is 6.34. The van der Waals surface area contributed by atoms with Crippen molar-refractivity contribution in [3.8, 4) is 0 Å². The first-order valence-electron chi connectivity index (χ1n) is 9.10. The van der Waals surface area contributed by atoms with Crippen molar-refractivity contribution < 1.29 is 27.6 Å². The van der Waals surface area contributed by atoms with Crippen molar-refractivity contribution in [2.45, 2.75) is 24.4 Å². The fourth-order valence-electron chi connectivity index (χ4n) is 3.50. The maximum atomic E-state index is 13.2. The Morgan fingerprint density at radius 2 is 1.90 bits per heavy atom. The van der Waals surface area contributed by atoms with Gasteiger partial charge in [-0.1, -0.05) is 29.8 Å². The Morgan fingerprint density at radius 1 is 1.20 bits per heavy atom. The van der Waals surface area contributed by atoms with Crippen molar-refractivity contribution in [2.24, 2.45) is 0 Å². The molecule has 1 heterocycles. The quantitative estimate of drug-likeness (QED) is 0.535. The molecule has 2 aromatic rings. The number of halogens is 4. The minimum absolute atomic E-state index is 0.0496. The third kappa shape index (κ3) is 4.73. The zero-order chi connectivity index (χ0) is 21.9. The van der Waals surface area contributed by atoms with Gasteiger partial charge in [-0.3, -0.25) is 14.9 Å². The summed E-state index contributed by atoms with van der Waals surface area (Å²) >= 11 is 6.00. The summed E-state index contributed by atoms with van der Waals surface area (Å²) in [6.45, 7) is 0.776. The van der Waals surface area contributed by atoms with Gasteiger partial charge in [0.15, 0.2) is 0 Å². The van der Waals surface area contributed by atoms with Gasteiger partial charge in [-0.25, -0.2) is 0 Å². The van der Waals surface area contributed by atoms with Gasteiger partial charge in [-0.15, -0.1) is 0 Å². The van der Waals surface area contributed by atoms with E-state index in [2.05, 4.69) is 5.32 Å². The summed E-state index contributed by atoms with van der Waals surface area (Å²) in [7, 11) is 0. The van der Waals surface area contributed by atoms with E-state index in [-0.39, 0.29) is 22.8 Å². The van der Waals surface area contributed by atoms with Crippen LogP contribution >= 0.6 is 11.6 Å². The average Bonchev–Trinajstić information content (AvgIpc) is 2.72. The van der Waals surface area contributed by atoms with Crippen LogP contribution in [0, 0.1) is 10.1 Å². The van der Waals surface area contributed by atoms with Gasteiger partial charge in [-0.05, 0) is 30.5 Å². The molecule has 1 N–H and O–H groups in total. The zero-order valence-electron chi connectivity index (χ0n) is 15.7. The van der Waals surface area contributed by atoms with Gasteiger partial charge < -0.3 is 10.1 Å². The van der Waals surface area contributed by atoms with E-state index in [1.165, 1.54) is 12.1 Å². The maximum Gasteiger partial charge on any atom is 0.416 e. The number of nitro groups is 1. The highest BCUT2D eigenvalue weighted by Crippen LogP contribution is 2.38. The number of ether oxygens (including phenoxy) is 1. The third-order valence-corrected chi connectivity index (χ3v) is 5.56. The summed E-state index contributed by atoms with van der Waals surface area (Å²) in [4.78, 5) is 22.8. The third-order valence-electron chi connectivity index (χ3n) is 5.25. The van der Waals surface area contributed by atoms with E-state index in [1.54, 1.807) is 6.07 Å². The van der Waals surface area contributed by atoms with Gasteiger partial charge in [0, 0.05) is 37.3 Å². The van der Waals surface area contributed by atoms with Crippen LogP contribution in [-0.4, -0.2) is 30.6 Å². The summed E-state index contributed by atoms with van der Waals surface area (Å²) in [5.41, 5.74) is -1.22. The lowest BCUT2D eigenvalue weighted by atomic mass is 9.73. The first kappa shape index (κ1) is 22.0. The predicted molar refractivity (Wildman–Crippen MR) is 104 cm³/mol. The summed E-state index contributed by atoms with van der Waals surface area (Å²) < 4.78 is 44.9. The Labute approximate surface area is 175 Å². The normalized spacial score (nSPS) is 16.1. The number of carbonyl (C=O) groups excluding carboxylic acids is 1. The molecule has 0 atom stereocenters. The number of carbonyl (C=O) groups is 1. The Bertz CT molecular complexity index is 959. The van der Waals surface area contributed by atoms with E-state index in [9.17, 15) is 28.1 Å². The number of nitrogens with zero attached hydrogens (tertiary/aromatic N) is 1. The van der Waals surface area contributed by atoms with Crippen LogP contribution in [0.3, 0.4) is 0 Å². The van der Waals surface area contributed by atoms with Crippen LogP contribution in [0.15, 0.2) is 42.5 Å². The number of nitro benzene ring substituents is 1. The molecule has 0 spiro atoms. The van der Waals surface area contributed by atoms with Crippen LogP contribution in [-0.2, 0) is 16.3 Å². The standard InChI is InChI=1S/C20H18ClF3N2O4/c21-17-11-15(26(28)29)4-5-16(17)18(27)25-12-19(6-8-30-9-7-19)13-2-1-3-14(10-13)20(22,23)24/h1-5,10-11H,6-9,12H2,(H,25,27). The second-order valence-corrected chi connectivity index (χ2v) is 7.48. The van der Waals surface area contributed by atoms with Crippen LogP contribution in [0.2, 0.25) is 5.02 Å². The first-order chi connectivity index (χ1) is 14.1. The van der Waals surface area contributed by atoms with E-state index in [1.807, 2.05) is 0 Å². The zero-order valence-corrected chi connectivity index (χ0v) is 16.4. The number of benzene rings is 2. The van der Waals surface area contributed by atoms with Gasteiger partial charge in [0.2, 0.25) is 0 Å². The van der Waals surface area contributed by atoms with Gasteiger partial charge >= 0.3 is 6.18 Å². The molecule has 0 aromatic heterocycles. The molecule has 2 aromatic carbocycles. The number of non-ortho nitro benzene ring substituents is 1. The molecule has 1 aliphatic heterocycles. The maximum absolute atomic E-state index is 13.2. The summed E-state index contributed by atoms with van der Waals surface area (Å²) in [6.07, 6.45) is -3.61.